The molecule has 0 radical (unpaired) electrons. The van der Waals surface area contributed by atoms with Crippen molar-refractivity contribution in [2.45, 2.75) is 30.6 Å². The van der Waals surface area contributed by atoms with Crippen LogP contribution >= 0.6 is 0 Å². The number of hydrogen-bond donors (Lipinski definition) is 2. The molecule has 3 N–H and O–H groups in total. The molecule has 0 spiro atoms. The summed E-state index contributed by atoms with van der Waals surface area (Å²) in [6.45, 7) is -0.154. The van der Waals surface area contributed by atoms with Crippen LogP contribution in [0.15, 0.2) is 10.4 Å². The molecule has 0 saturated carbocycles. The number of nitrogens with zero attached hydrogens (tertiary/aromatic N) is 2. The van der Waals surface area contributed by atoms with Gasteiger partial charge in [0.25, 0.3) is 0 Å². The summed E-state index contributed by atoms with van der Waals surface area (Å²) in [5, 5.41) is 15.0. The van der Waals surface area contributed by atoms with Crippen molar-refractivity contribution in [1.29, 1.82) is 0 Å². The molecule has 0 aromatic rings. The Kier molecular flexibility index (Phi) is 4.83. The quantitative estimate of drug-likeness (QED) is 0.455. The normalized spacial score (nSPS) is 39.3. The van der Waals surface area contributed by atoms with Gasteiger partial charge in [0, 0.05) is 7.11 Å². The van der Waals surface area contributed by atoms with E-state index in [-0.39, 0.29) is 6.61 Å². The summed E-state index contributed by atoms with van der Waals surface area (Å²) in [6.07, 6.45) is -3.26. The SMILES string of the molecule is CO[C@@H]1OC(CON)[C@@H](O)C(N=O)[C@@H]1N=O. The van der Waals surface area contributed by atoms with Gasteiger partial charge in [-0.3, -0.25) is 0 Å². The van der Waals surface area contributed by atoms with Gasteiger partial charge in [0.05, 0.1) is 6.61 Å². The lowest BCUT2D eigenvalue weighted by Gasteiger charge is -2.37. The third-order valence-electron chi connectivity index (χ3n) is 2.40. The van der Waals surface area contributed by atoms with E-state index in [9.17, 15) is 14.9 Å². The van der Waals surface area contributed by atoms with Crippen molar-refractivity contribution in [1.82, 2.24) is 0 Å². The molecule has 1 rings (SSSR count). The maximum Gasteiger partial charge on any atom is 0.185 e. The van der Waals surface area contributed by atoms with Gasteiger partial charge in [-0.15, -0.1) is 0 Å². The highest BCUT2D eigenvalue weighted by molar-refractivity contribution is 4.97. The van der Waals surface area contributed by atoms with Crippen molar-refractivity contribution < 1.29 is 19.4 Å². The fraction of sp³-hybridized carbons (Fsp3) is 1.00. The van der Waals surface area contributed by atoms with Crippen molar-refractivity contribution in [3.05, 3.63) is 9.81 Å². The highest BCUT2D eigenvalue weighted by atomic mass is 16.7. The first-order chi connectivity index (χ1) is 7.69. The summed E-state index contributed by atoms with van der Waals surface area (Å²) in [6, 6.07) is -2.43. The van der Waals surface area contributed by atoms with E-state index in [1.807, 2.05) is 0 Å². The van der Waals surface area contributed by atoms with Crippen LogP contribution in [0.3, 0.4) is 0 Å². The van der Waals surface area contributed by atoms with E-state index in [1.165, 1.54) is 7.11 Å². The molecule has 1 saturated heterocycles. The maximum atomic E-state index is 10.6. The van der Waals surface area contributed by atoms with E-state index in [4.69, 9.17) is 15.4 Å². The van der Waals surface area contributed by atoms with E-state index < -0.39 is 30.6 Å². The minimum Gasteiger partial charge on any atom is -0.388 e. The Morgan fingerprint density at radius 3 is 2.44 bits per heavy atom. The van der Waals surface area contributed by atoms with Crippen molar-refractivity contribution >= 4 is 0 Å². The summed E-state index contributed by atoms with van der Waals surface area (Å²) in [7, 11) is 1.28. The van der Waals surface area contributed by atoms with Gasteiger partial charge < -0.3 is 19.4 Å². The Morgan fingerprint density at radius 1 is 1.38 bits per heavy atom. The van der Waals surface area contributed by atoms with Crippen LogP contribution in [-0.2, 0) is 14.3 Å². The second kappa shape index (κ2) is 5.92. The Balaban J connectivity index is 2.84. The maximum absolute atomic E-state index is 10.6. The van der Waals surface area contributed by atoms with Gasteiger partial charge in [0.15, 0.2) is 18.4 Å². The van der Waals surface area contributed by atoms with Crippen LogP contribution in [0.1, 0.15) is 0 Å². The van der Waals surface area contributed by atoms with Crippen LogP contribution < -0.4 is 5.90 Å². The predicted octanol–water partition coefficient (Wildman–Crippen LogP) is -1.12. The molecule has 1 fully saturated rings. The lowest BCUT2D eigenvalue weighted by atomic mass is 9.96. The van der Waals surface area contributed by atoms with Gasteiger partial charge in [-0.1, -0.05) is 10.4 Å². The van der Waals surface area contributed by atoms with Crippen molar-refractivity contribution in [2.24, 2.45) is 16.3 Å². The number of aliphatic hydroxyl groups excluding tert-OH is 1. The molecule has 0 aliphatic carbocycles. The van der Waals surface area contributed by atoms with Gasteiger partial charge in [-0.2, -0.15) is 9.81 Å². The molecular formula is C7H13N3O6. The van der Waals surface area contributed by atoms with Crippen LogP contribution in [-0.4, -0.2) is 49.4 Å². The zero-order valence-corrected chi connectivity index (χ0v) is 8.55. The van der Waals surface area contributed by atoms with Crippen molar-refractivity contribution in [3.63, 3.8) is 0 Å². The zero-order chi connectivity index (χ0) is 12.1. The molecule has 1 heterocycles. The third kappa shape index (κ3) is 2.39. The average molecular weight is 235 g/mol. The summed E-state index contributed by atoms with van der Waals surface area (Å²) in [5.41, 5.74) is 0. The molecule has 0 aromatic carbocycles. The smallest absolute Gasteiger partial charge is 0.185 e. The molecule has 2 unspecified atom stereocenters. The number of methoxy groups -OCH3 is 1. The Labute approximate surface area is 90.7 Å². The first-order valence-corrected chi connectivity index (χ1v) is 4.52. The molecule has 9 heteroatoms. The first kappa shape index (κ1) is 13.1. The number of ether oxygens (including phenoxy) is 2. The average Bonchev–Trinajstić information content (AvgIpc) is 2.31. The van der Waals surface area contributed by atoms with Gasteiger partial charge in [0.1, 0.15) is 12.2 Å². The van der Waals surface area contributed by atoms with Gasteiger partial charge in [0.2, 0.25) is 0 Å². The minimum absolute atomic E-state index is 0.154. The highest BCUT2D eigenvalue weighted by Gasteiger charge is 2.48. The second-order valence-corrected chi connectivity index (χ2v) is 3.29. The topological polar surface area (TPSA) is 133 Å². The van der Waals surface area contributed by atoms with E-state index in [2.05, 4.69) is 15.2 Å². The zero-order valence-electron chi connectivity index (χ0n) is 8.55. The molecule has 92 valence electrons. The molecule has 9 nitrogen and oxygen atoms in total. The van der Waals surface area contributed by atoms with Crippen LogP contribution in [0.2, 0.25) is 0 Å². The molecule has 1 aliphatic rings. The van der Waals surface area contributed by atoms with E-state index in [0.29, 0.717) is 0 Å². The summed E-state index contributed by atoms with van der Waals surface area (Å²) in [5.74, 6) is 4.84. The molecule has 0 aromatic heterocycles. The molecule has 0 bridgehead atoms. The molecular weight excluding hydrogens is 222 g/mol. The molecule has 5 atom stereocenters. The van der Waals surface area contributed by atoms with Crippen LogP contribution in [0, 0.1) is 9.81 Å². The number of nitroso groups, excluding NO2 is 2. The predicted molar refractivity (Wildman–Crippen MR) is 51.0 cm³/mol. The monoisotopic (exact) mass is 235 g/mol. The van der Waals surface area contributed by atoms with Gasteiger partial charge >= 0.3 is 0 Å². The lowest BCUT2D eigenvalue weighted by molar-refractivity contribution is -0.236. The highest BCUT2D eigenvalue weighted by Crippen LogP contribution is 2.26. The van der Waals surface area contributed by atoms with Gasteiger partial charge in [-0.05, 0) is 0 Å². The minimum atomic E-state index is -1.31. The Bertz CT molecular complexity index is 252. The van der Waals surface area contributed by atoms with Gasteiger partial charge in [-0.25, -0.2) is 5.90 Å². The Morgan fingerprint density at radius 2 is 2.00 bits per heavy atom. The molecule has 16 heavy (non-hydrogen) atoms. The van der Waals surface area contributed by atoms with E-state index in [1.54, 1.807) is 0 Å². The van der Waals surface area contributed by atoms with Crippen molar-refractivity contribution in [3.8, 4) is 0 Å². The van der Waals surface area contributed by atoms with Crippen LogP contribution in [0.25, 0.3) is 0 Å². The van der Waals surface area contributed by atoms with Crippen LogP contribution in [0.5, 0.6) is 0 Å². The number of hydrogen-bond acceptors (Lipinski definition) is 9. The fourth-order valence-electron chi connectivity index (χ4n) is 1.58. The van der Waals surface area contributed by atoms with E-state index in [0.717, 1.165) is 0 Å². The Hall–Kier alpha value is -1.00. The van der Waals surface area contributed by atoms with Crippen LogP contribution in [0.4, 0.5) is 0 Å². The lowest BCUT2D eigenvalue weighted by Crippen LogP contribution is -2.57. The first-order valence-electron chi connectivity index (χ1n) is 4.52. The number of nitrogens with two attached hydrogens (primary N) is 1. The molecule has 1 aliphatic heterocycles. The summed E-state index contributed by atoms with van der Waals surface area (Å²) >= 11 is 0. The standard InChI is InChI=1S/C7H13N3O6/c1-14-7-5(10-13)4(9-12)6(11)3(16-7)2-15-8/h3-7,11H,2,8H2,1H3/t3?,4?,5-,6+,7+/m0/s1. The second-order valence-electron chi connectivity index (χ2n) is 3.29. The number of rotatable bonds is 5. The van der Waals surface area contributed by atoms with Crippen molar-refractivity contribution in [2.75, 3.05) is 13.7 Å². The summed E-state index contributed by atoms with van der Waals surface area (Å²) in [4.78, 5) is 25.4. The summed E-state index contributed by atoms with van der Waals surface area (Å²) < 4.78 is 9.98. The number of aliphatic hydroxyl groups is 1. The fourth-order valence-corrected chi connectivity index (χ4v) is 1.58. The van der Waals surface area contributed by atoms with E-state index >= 15 is 0 Å². The molecule has 0 amide bonds. The third-order valence-corrected chi connectivity index (χ3v) is 2.40. The largest absolute Gasteiger partial charge is 0.388 e.